The number of aromatic nitrogens is 1. The highest BCUT2D eigenvalue weighted by Gasteiger charge is 2.02. The number of esters is 1. The van der Waals surface area contributed by atoms with Crippen LogP contribution in [0.4, 0.5) is 0 Å². The fourth-order valence-electron chi connectivity index (χ4n) is 2.93. The Kier molecular flexibility index (Phi) is 12.5. The fourth-order valence-corrected chi connectivity index (χ4v) is 2.93. The number of unbranched alkanes of at least 4 members (excludes halogenated alkanes) is 3. The van der Waals surface area contributed by atoms with Crippen molar-refractivity contribution in [1.29, 1.82) is 0 Å². The van der Waals surface area contributed by atoms with Crippen LogP contribution >= 0.6 is 0 Å². The molecule has 0 saturated heterocycles. The Morgan fingerprint density at radius 2 is 1.66 bits per heavy atom. The molecule has 0 spiro atoms. The first-order valence-electron chi connectivity index (χ1n) is 11.1. The van der Waals surface area contributed by atoms with E-state index < -0.39 is 0 Å². The van der Waals surface area contributed by atoms with Gasteiger partial charge in [-0.2, -0.15) is 0 Å². The number of benzene rings is 1. The molecule has 0 N–H and O–H groups in total. The minimum absolute atomic E-state index is 0.362. The predicted octanol–water partition coefficient (Wildman–Crippen LogP) is 5.48. The summed E-state index contributed by atoms with van der Waals surface area (Å²) in [4.78, 5) is 25.5. The number of carbonyl (C=O) groups is 1. The molecule has 0 atom stereocenters. The van der Waals surface area contributed by atoms with E-state index in [1.165, 1.54) is 11.6 Å². The first kappa shape index (κ1) is 25.3. The molecule has 0 bridgehead atoms. The van der Waals surface area contributed by atoms with Crippen molar-refractivity contribution in [3.63, 3.8) is 0 Å². The molecule has 1 aromatic carbocycles. The molecule has 32 heavy (non-hydrogen) atoms. The second kappa shape index (κ2) is 15.8. The third-order valence-corrected chi connectivity index (χ3v) is 4.66. The number of ether oxygens (including phenoxy) is 2. The van der Waals surface area contributed by atoms with Crippen molar-refractivity contribution in [1.82, 2.24) is 4.98 Å². The lowest BCUT2D eigenvalue weighted by molar-refractivity contribution is -0.286. The van der Waals surface area contributed by atoms with Gasteiger partial charge in [-0.25, -0.2) is 14.6 Å². The molecule has 0 aliphatic carbocycles. The van der Waals surface area contributed by atoms with E-state index in [2.05, 4.69) is 24.2 Å². The molecule has 0 saturated carbocycles. The van der Waals surface area contributed by atoms with Gasteiger partial charge in [0.15, 0.2) is 0 Å². The van der Waals surface area contributed by atoms with Crippen LogP contribution in [0.2, 0.25) is 0 Å². The molecule has 2 rings (SSSR count). The Labute approximate surface area is 190 Å². The van der Waals surface area contributed by atoms with Crippen molar-refractivity contribution in [3.05, 3.63) is 73.5 Å². The van der Waals surface area contributed by atoms with E-state index in [9.17, 15) is 4.79 Å². The maximum Gasteiger partial charge on any atom is 0.330 e. The van der Waals surface area contributed by atoms with Crippen LogP contribution in [-0.2, 0) is 25.7 Å². The summed E-state index contributed by atoms with van der Waals surface area (Å²) >= 11 is 0. The van der Waals surface area contributed by atoms with Gasteiger partial charge in [0.2, 0.25) is 0 Å². The number of hydrogen-bond acceptors (Lipinski definition) is 6. The highest BCUT2D eigenvalue weighted by molar-refractivity contribution is 5.81. The molecule has 6 heteroatoms. The minimum atomic E-state index is -0.362. The largest absolute Gasteiger partial charge is 0.494 e. The molecule has 0 aliphatic heterocycles. The summed E-state index contributed by atoms with van der Waals surface area (Å²) < 4.78 is 10.8. The normalized spacial score (nSPS) is 10.5. The van der Waals surface area contributed by atoms with E-state index in [-0.39, 0.29) is 5.97 Å². The van der Waals surface area contributed by atoms with Gasteiger partial charge in [-0.1, -0.05) is 18.7 Å². The van der Waals surface area contributed by atoms with Crippen LogP contribution in [0.5, 0.6) is 5.75 Å². The van der Waals surface area contributed by atoms with Gasteiger partial charge in [0.05, 0.1) is 25.5 Å². The highest BCUT2D eigenvalue weighted by Crippen LogP contribution is 2.21. The molecule has 172 valence electrons. The van der Waals surface area contributed by atoms with Crippen molar-refractivity contribution in [2.24, 2.45) is 0 Å². The van der Waals surface area contributed by atoms with Gasteiger partial charge in [-0.05, 0) is 74.4 Å². The summed E-state index contributed by atoms with van der Waals surface area (Å²) in [5.74, 6) is 0.489. The standard InChI is InChI=1S/C26H33NO5/c1-3-17-31-32-20-9-10-22-11-16-25(27-21-22)23-12-14-24(15-13-23)29-18-7-5-6-8-19-30-26(28)4-2/h3-4,11-16,21H,1-2,5-10,17-20H2. The number of nitrogens with zero attached hydrogens (tertiary/aromatic N) is 1. The van der Waals surface area contributed by atoms with Gasteiger partial charge in [-0.3, -0.25) is 4.98 Å². The van der Waals surface area contributed by atoms with Crippen molar-refractivity contribution in [3.8, 4) is 17.0 Å². The number of pyridine rings is 1. The molecule has 2 aromatic rings. The molecule has 1 aromatic heterocycles. The minimum Gasteiger partial charge on any atom is -0.494 e. The average Bonchev–Trinajstić information content (AvgIpc) is 2.83. The van der Waals surface area contributed by atoms with E-state index >= 15 is 0 Å². The molecular weight excluding hydrogens is 406 g/mol. The van der Waals surface area contributed by atoms with Gasteiger partial charge in [0, 0.05) is 17.8 Å². The third-order valence-electron chi connectivity index (χ3n) is 4.66. The number of rotatable bonds is 17. The zero-order valence-corrected chi connectivity index (χ0v) is 18.7. The number of hydrogen-bond donors (Lipinski definition) is 0. The Hall–Kier alpha value is -2.96. The maximum absolute atomic E-state index is 10.9. The first-order valence-corrected chi connectivity index (χ1v) is 11.1. The van der Waals surface area contributed by atoms with Crippen LogP contribution in [0.3, 0.4) is 0 Å². The summed E-state index contributed by atoms with van der Waals surface area (Å²) in [6.45, 7) is 8.99. The lowest BCUT2D eigenvalue weighted by Gasteiger charge is -2.08. The lowest BCUT2D eigenvalue weighted by Crippen LogP contribution is -2.02. The monoisotopic (exact) mass is 439 g/mol. The number of aryl methyl sites for hydroxylation is 1. The Bertz CT molecular complexity index is 802. The van der Waals surface area contributed by atoms with Crippen LogP contribution in [0, 0.1) is 0 Å². The Morgan fingerprint density at radius 3 is 2.34 bits per heavy atom. The van der Waals surface area contributed by atoms with E-state index in [0.717, 1.165) is 55.5 Å². The molecule has 0 aliphatic rings. The zero-order valence-electron chi connectivity index (χ0n) is 18.7. The van der Waals surface area contributed by atoms with Crippen LogP contribution in [-0.4, -0.2) is 37.4 Å². The highest BCUT2D eigenvalue weighted by atomic mass is 17.2. The van der Waals surface area contributed by atoms with Crippen LogP contribution < -0.4 is 4.74 Å². The average molecular weight is 440 g/mol. The molecule has 0 radical (unpaired) electrons. The molecular formula is C26H33NO5. The zero-order chi connectivity index (χ0) is 22.9. The molecule has 1 heterocycles. The first-order chi connectivity index (χ1) is 15.7. The summed E-state index contributed by atoms with van der Waals surface area (Å²) in [7, 11) is 0. The molecule has 0 amide bonds. The quantitative estimate of drug-likeness (QED) is 0.0811. The predicted molar refractivity (Wildman–Crippen MR) is 125 cm³/mol. The Morgan fingerprint density at radius 1 is 0.875 bits per heavy atom. The molecule has 0 fully saturated rings. The molecule has 6 nitrogen and oxygen atoms in total. The number of carbonyl (C=O) groups excluding carboxylic acids is 1. The SMILES string of the molecule is C=CCOOCCCc1ccc(-c2ccc(OCCCCCCOC(=O)C=C)cc2)nc1. The Balaban J connectivity index is 1.63. The molecule has 0 unspecified atom stereocenters. The van der Waals surface area contributed by atoms with E-state index in [1.807, 2.05) is 36.5 Å². The van der Waals surface area contributed by atoms with Crippen molar-refractivity contribution >= 4 is 5.97 Å². The van der Waals surface area contributed by atoms with E-state index in [0.29, 0.717) is 26.4 Å². The maximum atomic E-state index is 10.9. The van der Waals surface area contributed by atoms with Gasteiger partial charge < -0.3 is 9.47 Å². The summed E-state index contributed by atoms with van der Waals surface area (Å²) in [5, 5.41) is 0. The van der Waals surface area contributed by atoms with Crippen LogP contribution in [0.15, 0.2) is 67.9 Å². The van der Waals surface area contributed by atoms with Crippen molar-refractivity contribution in [2.45, 2.75) is 38.5 Å². The van der Waals surface area contributed by atoms with Crippen molar-refractivity contribution < 1.29 is 24.0 Å². The van der Waals surface area contributed by atoms with Gasteiger partial charge in [0.25, 0.3) is 0 Å². The summed E-state index contributed by atoms with van der Waals surface area (Å²) in [6.07, 6.45) is 10.4. The third kappa shape index (κ3) is 10.4. The summed E-state index contributed by atoms with van der Waals surface area (Å²) in [5.41, 5.74) is 3.15. The summed E-state index contributed by atoms with van der Waals surface area (Å²) in [6, 6.07) is 12.1. The van der Waals surface area contributed by atoms with Crippen LogP contribution in [0.1, 0.15) is 37.7 Å². The van der Waals surface area contributed by atoms with E-state index in [4.69, 9.17) is 19.2 Å². The topological polar surface area (TPSA) is 66.9 Å². The van der Waals surface area contributed by atoms with Gasteiger partial charge >= 0.3 is 5.97 Å². The van der Waals surface area contributed by atoms with E-state index in [1.54, 1.807) is 6.08 Å². The lowest BCUT2D eigenvalue weighted by atomic mass is 10.1. The van der Waals surface area contributed by atoms with Crippen LogP contribution in [0.25, 0.3) is 11.3 Å². The van der Waals surface area contributed by atoms with Gasteiger partial charge in [-0.15, -0.1) is 6.58 Å². The smallest absolute Gasteiger partial charge is 0.330 e. The van der Waals surface area contributed by atoms with Crippen molar-refractivity contribution in [2.75, 3.05) is 26.4 Å². The second-order valence-corrected chi connectivity index (χ2v) is 7.21. The van der Waals surface area contributed by atoms with Gasteiger partial charge in [0.1, 0.15) is 12.4 Å². The second-order valence-electron chi connectivity index (χ2n) is 7.21. The fraction of sp³-hybridized carbons (Fsp3) is 0.385.